The van der Waals surface area contributed by atoms with E-state index < -0.39 is 0 Å². The van der Waals surface area contributed by atoms with E-state index in [1.165, 1.54) is 0 Å². The first-order chi connectivity index (χ1) is 9.84. The average molecular weight is 264 g/mol. The lowest BCUT2D eigenvalue weighted by atomic mass is 10.1. The van der Waals surface area contributed by atoms with Crippen molar-refractivity contribution in [3.05, 3.63) is 64.7 Å². The van der Waals surface area contributed by atoms with E-state index in [9.17, 15) is 4.79 Å². The van der Waals surface area contributed by atoms with Gasteiger partial charge in [-0.05, 0) is 11.6 Å². The lowest BCUT2D eigenvalue weighted by Gasteiger charge is -2.13. The molecule has 1 aliphatic rings. The lowest BCUT2D eigenvalue weighted by molar-refractivity contribution is 0.648. The van der Waals surface area contributed by atoms with E-state index in [-0.39, 0.29) is 11.6 Å². The third kappa shape index (κ3) is 1.53. The summed E-state index contributed by atoms with van der Waals surface area (Å²) in [6.07, 6.45) is 3.24. The monoisotopic (exact) mass is 264 g/mol. The Labute approximate surface area is 114 Å². The van der Waals surface area contributed by atoms with Crippen molar-refractivity contribution in [3.8, 4) is 0 Å². The smallest absolute Gasteiger partial charge is 0.263 e. The Balaban J connectivity index is 1.98. The molecule has 0 radical (unpaired) electrons. The van der Waals surface area contributed by atoms with Gasteiger partial charge in [0.2, 0.25) is 5.95 Å². The first-order valence-corrected chi connectivity index (χ1v) is 6.49. The van der Waals surface area contributed by atoms with Crippen molar-refractivity contribution in [2.75, 3.05) is 11.9 Å². The summed E-state index contributed by atoms with van der Waals surface area (Å²) in [6, 6.07) is 11.7. The van der Waals surface area contributed by atoms with Crippen LogP contribution in [0.15, 0.2) is 53.6 Å². The fourth-order valence-electron chi connectivity index (χ4n) is 2.69. The number of aromatic nitrogens is 3. The van der Waals surface area contributed by atoms with Crippen molar-refractivity contribution >= 4 is 16.9 Å². The quantitative estimate of drug-likeness (QED) is 0.728. The topological polar surface area (TPSA) is 59.8 Å². The zero-order chi connectivity index (χ0) is 13.5. The number of rotatable bonds is 1. The first kappa shape index (κ1) is 11.2. The van der Waals surface area contributed by atoms with Gasteiger partial charge in [0.25, 0.3) is 5.56 Å². The molecule has 20 heavy (non-hydrogen) atoms. The Bertz CT molecular complexity index is 841. The van der Waals surface area contributed by atoms with Gasteiger partial charge in [0.1, 0.15) is 0 Å². The van der Waals surface area contributed by atoms with Gasteiger partial charge in [-0.2, -0.15) is 0 Å². The van der Waals surface area contributed by atoms with Gasteiger partial charge in [0, 0.05) is 12.7 Å². The molecule has 1 atom stereocenters. The average Bonchev–Trinajstić information content (AvgIpc) is 2.92. The van der Waals surface area contributed by atoms with Crippen LogP contribution in [-0.4, -0.2) is 21.1 Å². The third-order valence-electron chi connectivity index (χ3n) is 3.65. The maximum atomic E-state index is 12.7. The summed E-state index contributed by atoms with van der Waals surface area (Å²) >= 11 is 0. The summed E-state index contributed by atoms with van der Waals surface area (Å²) in [7, 11) is 0. The van der Waals surface area contributed by atoms with Gasteiger partial charge in [-0.25, -0.2) is 4.98 Å². The molecule has 0 unspecified atom stereocenters. The lowest BCUT2D eigenvalue weighted by Crippen LogP contribution is -2.24. The summed E-state index contributed by atoms with van der Waals surface area (Å²) in [6.45, 7) is 0.677. The van der Waals surface area contributed by atoms with Crippen LogP contribution in [0.1, 0.15) is 11.6 Å². The number of anilines is 1. The van der Waals surface area contributed by atoms with Crippen LogP contribution in [0.5, 0.6) is 0 Å². The highest BCUT2D eigenvalue weighted by Crippen LogP contribution is 2.26. The number of pyridine rings is 1. The number of hydrogen-bond donors (Lipinski definition) is 1. The van der Waals surface area contributed by atoms with Crippen LogP contribution in [0.2, 0.25) is 0 Å². The maximum Gasteiger partial charge on any atom is 0.263 e. The Morgan fingerprint density at radius 2 is 2.05 bits per heavy atom. The van der Waals surface area contributed by atoms with Gasteiger partial charge >= 0.3 is 0 Å². The molecular formula is C15H12N4O. The standard InChI is InChI=1S/C15H12N4O/c20-14-11-6-7-16-8-12(11)18-15-17-9-13(19(14)15)10-4-2-1-3-5-10/h1-8,13H,9H2,(H,17,18)/t13-/m0/s1. The molecule has 0 saturated carbocycles. The van der Waals surface area contributed by atoms with E-state index in [1.54, 1.807) is 23.0 Å². The van der Waals surface area contributed by atoms with Crippen LogP contribution < -0.4 is 10.9 Å². The molecular weight excluding hydrogens is 252 g/mol. The molecule has 0 bridgehead atoms. The molecule has 0 amide bonds. The predicted octanol–water partition coefficient (Wildman–Crippen LogP) is 1.81. The van der Waals surface area contributed by atoms with Gasteiger partial charge in [0.05, 0.1) is 23.1 Å². The Hall–Kier alpha value is -2.69. The maximum absolute atomic E-state index is 12.7. The summed E-state index contributed by atoms with van der Waals surface area (Å²) in [4.78, 5) is 21.2. The summed E-state index contributed by atoms with van der Waals surface area (Å²) in [5.41, 5.74) is 1.72. The molecule has 5 nitrogen and oxygen atoms in total. The highest BCUT2D eigenvalue weighted by molar-refractivity contribution is 5.77. The van der Waals surface area contributed by atoms with E-state index in [1.807, 2.05) is 30.3 Å². The van der Waals surface area contributed by atoms with Crippen molar-refractivity contribution in [2.45, 2.75) is 6.04 Å². The van der Waals surface area contributed by atoms with Crippen LogP contribution >= 0.6 is 0 Å². The molecule has 4 rings (SSSR count). The first-order valence-electron chi connectivity index (χ1n) is 6.49. The molecule has 2 aromatic heterocycles. The number of fused-ring (bicyclic) bond motifs is 2. The molecule has 0 aliphatic carbocycles. The Morgan fingerprint density at radius 1 is 1.20 bits per heavy atom. The van der Waals surface area contributed by atoms with Gasteiger partial charge in [-0.15, -0.1) is 0 Å². The normalized spacial score (nSPS) is 16.9. The van der Waals surface area contributed by atoms with Crippen LogP contribution in [0.4, 0.5) is 5.95 Å². The molecule has 0 spiro atoms. The van der Waals surface area contributed by atoms with Crippen molar-refractivity contribution < 1.29 is 0 Å². The van der Waals surface area contributed by atoms with E-state index in [0.29, 0.717) is 23.4 Å². The zero-order valence-electron chi connectivity index (χ0n) is 10.7. The third-order valence-corrected chi connectivity index (χ3v) is 3.65. The van der Waals surface area contributed by atoms with E-state index >= 15 is 0 Å². The van der Waals surface area contributed by atoms with Crippen molar-refractivity contribution in [3.63, 3.8) is 0 Å². The molecule has 1 aliphatic heterocycles. The molecule has 3 heterocycles. The highest BCUT2D eigenvalue weighted by Gasteiger charge is 2.26. The van der Waals surface area contributed by atoms with E-state index in [0.717, 1.165) is 5.56 Å². The van der Waals surface area contributed by atoms with Crippen molar-refractivity contribution in [1.29, 1.82) is 0 Å². The van der Waals surface area contributed by atoms with Crippen LogP contribution in [-0.2, 0) is 0 Å². The highest BCUT2D eigenvalue weighted by atomic mass is 16.1. The molecule has 0 saturated heterocycles. The van der Waals surface area contributed by atoms with Gasteiger partial charge in [0.15, 0.2) is 0 Å². The zero-order valence-corrected chi connectivity index (χ0v) is 10.7. The summed E-state index contributed by atoms with van der Waals surface area (Å²) in [5, 5.41) is 3.81. The molecule has 5 heteroatoms. The Morgan fingerprint density at radius 3 is 2.90 bits per heavy atom. The Kier molecular flexibility index (Phi) is 2.32. The molecule has 98 valence electrons. The van der Waals surface area contributed by atoms with Gasteiger partial charge < -0.3 is 5.32 Å². The minimum absolute atomic E-state index is 0.0104. The van der Waals surface area contributed by atoms with Crippen molar-refractivity contribution in [2.24, 2.45) is 0 Å². The SMILES string of the molecule is O=c1c2ccncc2nc2n1[C@H](c1ccccc1)CN2. The minimum Gasteiger partial charge on any atom is -0.353 e. The molecule has 1 aromatic carbocycles. The van der Waals surface area contributed by atoms with Gasteiger partial charge in [-0.3, -0.25) is 14.3 Å². The fraction of sp³-hybridized carbons (Fsp3) is 0.133. The number of benzene rings is 1. The summed E-state index contributed by atoms with van der Waals surface area (Å²) < 4.78 is 1.73. The molecule has 1 N–H and O–H groups in total. The predicted molar refractivity (Wildman–Crippen MR) is 76.9 cm³/mol. The largest absolute Gasteiger partial charge is 0.353 e. The van der Waals surface area contributed by atoms with Crippen LogP contribution in [0, 0.1) is 0 Å². The second-order valence-corrected chi connectivity index (χ2v) is 4.81. The fourth-order valence-corrected chi connectivity index (χ4v) is 2.69. The van der Waals surface area contributed by atoms with E-state index in [4.69, 9.17) is 0 Å². The van der Waals surface area contributed by atoms with Gasteiger partial charge in [-0.1, -0.05) is 30.3 Å². The number of nitrogens with one attached hydrogen (secondary N) is 1. The van der Waals surface area contributed by atoms with Crippen LogP contribution in [0.25, 0.3) is 10.9 Å². The molecule has 3 aromatic rings. The number of hydrogen-bond acceptors (Lipinski definition) is 4. The molecule has 0 fully saturated rings. The summed E-state index contributed by atoms with van der Waals surface area (Å²) in [5.74, 6) is 0.615. The second kappa shape index (κ2) is 4.16. The number of nitrogens with zero attached hydrogens (tertiary/aromatic N) is 3. The van der Waals surface area contributed by atoms with Crippen molar-refractivity contribution in [1.82, 2.24) is 14.5 Å². The second-order valence-electron chi connectivity index (χ2n) is 4.81. The minimum atomic E-state index is -0.0220. The van der Waals surface area contributed by atoms with E-state index in [2.05, 4.69) is 15.3 Å². The van der Waals surface area contributed by atoms with Crippen LogP contribution in [0.3, 0.4) is 0 Å².